The lowest BCUT2D eigenvalue weighted by molar-refractivity contribution is -0.139. The topological polar surface area (TPSA) is 78.8 Å². The van der Waals surface area contributed by atoms with E-state index in [0.717, 1.165) is 31.2 Å². The molecule has 0 saturated carbocycles. The number of hydrogen-bond acceptors (Lipinski definition) is 4. The highest BCUT2D eigenvalue weighted by Gasteiger charge is 2.19. The Balaban J connectivity index is 1.61. The molecule has 0 aliphatic heterocycles. The molecule has 0 spiro atoms. The van der Waals surface area contributed by atoms with E-state index in [2.05, 4.69) is 5.32 Å². The Bertz CT molecular complexity index is 796. The molecule has 6 heteroatoms. The van der Waals surface area contributed by atoms with E-state index in [0.29, 0.717) is 17.3 Å². The highest BCUT2D eigenvalue weighted by Crippen LogP contribution is 2.26. The molecule has 5 nitrogen and oxygen atoms in total. The zero-order valence-corrected chi connectivity index (χ0v) is 15.8. The standard InChI is InChI=1S/C21H24ClNO4/c22-17-5-1-4-15(9-17)20(24)12-23-18-6-2-3-14-7-8-19(11-16(14)10-18)27-13-21(25)26/h1,4-5,7-9,11,18,20,23-24H,2-3,6,10,12-13H2,(H,25,26)/t18-,20-/m0/s1. The van der Waals surface area contributed by atoms with Crippen molar-refractivity contribution in [1.82, 2.24) is 5.32 Å². The van der Waals surface area contributed by atoms with Gasteiger partial charge in [0, 0.05) is 17.6 Å². The van der Waals surface area contributed by atoms with Crippen molar-refractivity contribution in [2.24, 2.45) is 0 Å². The number of carboxylic acids is 1. The molecular weight excluding hydrogens is 366 g/mol. The minimum atomic E-state index is -0.987. The van der Waals surface area contributed by atoms with Crippen LogP contribution in [0.2, 0.25) is 5.02 Å². The van der Waals surface area contributed by atoms with Gasteiger partial charge in [-0.05, 0) is 66.6 Å². The Morgan fingerprint density at radius 1 is 1.26 bits per heavy atom. The molecule has 0 fully saturated rings. The van der Waals surface area contributed by atoms with Gasteiger partial charge in [-0.25, -0.2) is 4.79 Å². The molecule has 27 heavy (non-hydrogen) atoms. The number of hydrogen-bond donors (Lipinski definition) is 3. The first-order valence-corrected chi connectivity index (χ1v) is 9.52. The molecule has 0 bridgehead atoms. The molecule has 1 aliphatic rings. The minimum Gasteiger partial charge on any atom is -0.482 e. The second-order valence-corrected chi connectivity index (χ2v) is 7.32. The molecule has 0 amide bonds. The molecule has 0 radical (unpaired) electrons. The molecule has 0 unspecified atom stereocenters. The Morgan fingerprint density at radius 2 is 2.11 bits per heavy atom. The second-order valence-electron chi connectivity index (χ2n) is 6.89. The van der Waals surface area contributed by atoms with Gasteiger partial charge in [-0.3, -0.25) is 0 Å². The normalized spacial score (nSPS) is 17.6. The average Bonchev–Trinajstić information content (AvgIpc) is 2.85. The van der Waals surface area contributed by atoms with Gasteiger partial charge in [0.1, 0.15) is 5.75 Å². The first kappa shape index (κ1) is 19.7. The maximum Gasteiger partial charge on any atom is 0.341 e. The molecule has 3 rings (SSSR count). The summed E-state index contributed by atoms with van der Waals surface area (Å²) in [6.07, 6.45) is 3.28. The zero-order valence-electron chi connectivity index (χ0n) is 15.0. The molecule has 0 aromatic heterocycles. The van der Waals surface area contributed by atoms with Gasteiger partial charge in [0.25, 0.3) is 0 Å². The predicted molar refractivity (Wildman–Crippen MR) is 104 cm³/mol. The van der Waals surface area contributed by atoms with Crippen molar-refractivity contribution in [3.05, 3.63) is 64.2 Å². The summed E-state index contributed by atoms with van der Waals surface area (Å²) < 4.78 is 5.30. The summed E-state index contributed by atoms with van der Waals surface area (Å²) in [4.78, 5) is 10.7. The number of ether oxygens (including phenoxy) is 1. The highest BCUT2D eigenvalue weighted by atomic mass is 35.5. The predicted octanol–water partition coefficient (Wildman–Crippen LogP) is 3.37. The summed E-state index contributed by atoms with van der Waals surface area (Å²) in [5.74, 6) is -0.407. The van der Waals surface area contributed by atoms with Crippen LogP contribution < -0.4 is 10.1 Å². The largest absolute Gasteiger partial charge is 0.482 e. The van der Waals surface area contributed by atoms with E-state index in [9.17, 15) is 9.90 Å². The fourth-order valence-corrected chi connectivity index (χ4v) is 3.66. The molecule has 1 aliphatic carbocycles. The number of fused-ring (bicyclic) bond motifs is 1. The van der Waals surface area contributed by atoms with Crippen LogP contribution in [0.4, 0.5) is 0 Å². The third-order valence-electron chi connectivity index (χ3n) is 4.84. The van der Waals surface area contributed by atoms with Crippen LogP contribution in [0, 0.1) is 0 Å². The fraction of sp³-hybridized carbons (Fsp3) is 0.381. The molecule has 3 N–H and O–H groups in total. The Morgan fingerprint density at radius 3 is 2.89 bits per heavy atom. The van der Waals surface area contributed by atoms with E-state index in [1.165, 1.54) is 11.1 Å². The molecule has 0 saturated heterocycles. The lowest BCUT2D eigenvalue weighted by Gasteiger charge is -2.20. The number of carboxylic acid groups (broad SMARTS) is 1. The van der Waals surface area contributed by atoms with E-state index in [-0.39, 0.29) is 12.6 Å². The number of nitrogens with one attached hydrogen (secondary N) is 1. The van der Waals surface area contributed by atoms with E-state index in [4.69, 9.17) is 21.4 Å². The van der Waals surface area contributed by atoms with Crippen LogP contribution in [0.25, 0.3) is 0 Å². The molecular formula is C21H24ClNO4. The third-order valence-corrected chi connectivity index (χ3v) is 5.07. The summed E-state index contributed by atoms with van der Waals surface area (Å²) in [7, 11) is 0. The summed E-state index contributed by atoms with van der Waals surface area (Å²) in [6, 6.07) is 13.3. The van der Waals surface area contributed by atoms with Crippen molar-refractivity contribution >= 4 is 17.6 Å². The Hall–Kier alpha value is -2.08. The van der Waals surface area contributed by atoms with Crippen molar-refractivity contribution in [3.8, 4) is 5.75 Å². The van der Waals surface area contributed by atoms with Gasteiger partial charge in [-0.1, -0.05) is 29.8 Å². The van der Waals surface area contributed by atoms with Crippen LogP contribution in [0.3, 0.4) is 0 Å². The van der Waals surface area contributed by atoms with Crippen LogP contribution in [0.1, 0.15) is 35.6 Å². The van der Waals surface area contributed by atoms with Gasteiger partial charge in [-0.2, -0.15) is 0 Å². The first-order valence-electron chi connectivity index (χ1n) is 9.14. The van der Waals surface area contributed by atoms with Crippen LogP contribution in [0.5, 0.6) is 5.75 Å². The number of aliphatic carboxylic acids is 1. The molecule has 144 valence electrons. The van der Waals surface area contributed by atoms with Crippen LogP contribution in [-0.4, -0.2) is 35.4 Å². The van der Waals surface area contributed by atoms with Crippen LogP contribution in [-0.2, 0) is 17.6 Å². The lowest BCUT2D eigenvalue weighted by Crippen LogP contribution is -2.34. The van der Waals surface area contributed by atoms with Crippen molar-refractivity contribution < 1.29 is 19.7 Å². The van der Waals surface area contributed by atoms with Crippen LogP contribution in [0.15, 0.2) is 42.5 Å². The summed E-state index contributed by atoms with van der Waals surface area (Å²) in [5.41, 5.74) is 3.25. The van der Waals surface area contributed by atoms with Crippen molar-refractivity contribution in [2.45, 2.75) is 37.8 Å². The van der Waals surface area contributed by atoms with E-state index in [1.54, 1.807) is 12.1 Å². The monoisotopic (exact) mass is 389 g/mol. The van der Waals surface area contributed by atoms with Crippen LogP contribution >= 0.6 is 11.6 Å². The number of halogens is 1. The Kier molecular flexibility index (Phi) is 6.72. The highest BCUT2D eigenvalue weighted by molar-refractivity contribution is 6.30. The second kappa shape index (κ2) is 9.22. The average molecular weight is 390 g/mol. The number of carbonyl (C=O) groups is 1. The first-order chi connectivity index (χ1) is 13.0. The van der Waals surface area contributed by atoms with Crippen molar-refractivity contribution in [3.63, 3.8) is 0 Å². The molecule has 0 heterocycles. The van der Waals surface area contributed by atoms with Crippen molar-refractivity contribution in [1.29, 1.82) is 0 Å². The van der Waals surface area contributed by atoms with Crippen molar-refractivity contribution in [2.75, 3.05) is 13.2 Å². The van der Waals surface area contributed by atoms with Gasteiger partial charge in [0.05, 0.1) is 6.10 Å². The summed E-state index contributed by atoms with van der Waals surface area (Å²) >= 11 is 6.00. The SMILES string of the molecule is O=C(O)COc1ccc2c(c1)C[C@@H](NC[C@H](O)c1cccc(Cl)c1)CCC2. The smallest absolute Gasteiger partial charge is 0.341 e. The van der Waals surface area contributed by atoms with E-state index in [1.807, 2.05) is 30.3 Å². The third kappa shape index (κ3) is 5.70. The summed E-state index contributed by atoms with van der Waals surface area (Å²) in [6.45, 7) is 0.113. The van der Waals surface area contributed by atoms with E-state index >= 15 is 0 Å². The van der Waals surface area contributed by atoms with Gasteiger partial charge < -0.3 is 20.3 Å². The maximum atomic E-state index is 10.7. The lowest BCUT2D eigenvalue weighted by atomic mass is 10.0. The van der Waals surface area contributed by atoms with E-state index < -0.39 is 12.1 Å². The number of aliphatic hydroxyl groups excluding tert-OH is 1. The van der Waals surface area contributed by atoms with Gasteiger partial charge in [0.15, 0.2) is 6.61 Å². The maximum absolute atomic E-state index is 10.7. The molecule has 2 atom stereocenters. The molecule has 2 aromatic carbocycles. The van der Waals surface area contributed by atoms with Gasteiger partial charge in [-0.15, -0.1) is 0 Å². The fourth-order valence-electron chi connectivity index (χ4n) is 3.46. The summed E-state index contributed by atoms with van der Waals surface area (Å²) in [5, 5.41) is 23.3. The number of benzene rings is 2. The number of aliphatic hydroxyl groups is 1. The Labute approximate surface area is 163 Å². The van der Waals surface area contributed by atoms with Gasteiger partial charge in [0.2, 0.25) is 0 Å². The quantitative estimate of drug-likeness (QED) is 0.633. The molecule has 2 aromatic rings. The minimum absolute atomic E-state index is 0.245. The van der Waals surface area contributed by atoms with Gasteiger partial charge >= 0.3 is 5.97 Å². The number of rotatable bonds is 7. The zero-order chi connectivity index (χ0) is 19.2. The number of aryl methyl sites for hydroxylation is 1.